The lowest BCUT2D eigenvalue weighted by Gasteiger charge is -2.41. The van der Waals surface area contributed by atoms with Crippen LogP contribution >= 0.6 is 0 Å². The molecule has 1 fully saturated rings. The number of ether oxygens (including phenoxy) is 5. The van der Waals surface area contributed by atoms with E-state index in [1.54, 1.807) is 28.4 Å². The molecule has 8 heteroatoms. The van der Waals surface area contributed by atoms with Crippen LogP contribution in [0.15, 0.2) is 42.5 Å². The van der Waals surface area contributed by atoms with Crippen LogP contribution in [-0.2, 0) is 22.6 Å². The average Bonchev–Trinajstić information content (AvgIpc) is 2.94. The van der Waals surface area contributed by atoms with Gasteiger partial charge in [-0.1, -0.05) is 50.0 Å². The summed E-state index contributed by atoms with van der Waals surface area (Å²) >= 11 is 0. The van der Waals surface area contributed by atoms with Crippen LogP contribution in [0.3, 0.4) is 0 Å². The van der Waals surface area contributed by atoms with Gasteiger partial charge in [0.2, 0.25) is 0 Å². The molecule has 222 valence electrons. The minimum absolute atomic E-state index is 0.161. The largest absolute Gasteiger partial charge is 0.496 e. The minimum atomic E-state index is -1.86. The second-order valence-electron chi connectivity index (χ2n) is 12.3. The van der Waals surface area contributed by atoms with E-state index in [-0.39, 0.29) is 5.92 Å². The molecular weight excluding hydrogens is 536 g/mol. The zero-order chi connectivity index (χ0) is 29.9. The lowest BCUT2D eigenvalue weighted by atomic mass is 9.70. The van der Waals surface area contributed by atoms with E-state index in [0.717, 1.165) is 32.8 Å². The molecule has 0 unspecified atom stereocenters. The third-order valence-electron chi connectivity index (χ3n) is 8.45. The molecule has 1 saturated carbocycles. The predicted octanol–water partition coefficient (Wildman–Crippen LogP) is 6.44. The number of hydrogen-bond acceptors (Lipinski definition) is 6. The molecule has 7 nitrogen and oxygen atoms in total. The summed E-state index contributed by atoms with van der Waals surface area (Å²) in [6, 6.07) is 14.1. The highest BCUT2D eigenvalue weighted by molar-refractivity contribution is 6.89. The molecule has 3 aromatic rings. The molecule has 1 aliphatic rings. The molecule has 3 aromatic carbocycles. The van der Waals surface area contributed by atoms with Gasteiger partial charge in [-0.15, -0.1) is 0 Å². The first kappa shape index (κ1) is 30.7. The fourth-order valence-electron chi connectivity index (χ4n) is 6.31. The van der Waals surface area contributed by atoms with Crippen molar-refractivity contribution in [2.75, 3.05) is 28.4 Å². The number of carboxylic acid groups (broad SMARTS) is 1. The highest BCUT2D eigenvalue weighted by Crippen LogP contribution is 2.49. The van der Waals surface area contributed by atoms with E-state index in [4.69, 9.17) is 23.7 Å². The predicted molar refractivity (Wildman–Crippen MR) is 165 cm³/mol. The Morgan fingerprint density at radius 1 is 0.927 bits per heavy atom. The van der Waals surface area contributed by atoms with E-state index < -0.39 is 25.6 Å². The highest BCUT2D eigenvalue weighted by Gasteiger charge is 2.42. The van der Waals surface area contributed by atoms with Crippen LogP contribution in [-0.4, -0.2) is 53.2 Å². The van der Waals surface area contributed by atoms with Gasteiger partial charge in [0.05, 0.1) is 65.4 Å². The molecule has 41 heavy (non-hydrogen) atoms. The molecule has 1 aliphatic carbocycles. The van der Waals surface area contributed by atoms with Crippen molar-refractivity contribution in [2.45, 2.75) is 64.5 Å². The monoisotopic (exact) mass is 580 g/mol. The van der Waals surface area contributed by atoms with Crippen molar-refractivity contribution in [2.24, 2.45) is 11.8 Å². The summed E-state index contributed by atoms with van der Waals surface area (Å²) in [5.74, 6) is 1.34. The zero-order valence-electron chi connectivity index (χ0n) is 25.6. The Balaban J connectivity index is 1.82. The second kappa shape index (κ2) is 12.3. The van der Waals surface area contributed by atoms with Crippen molar-refractivity contribution in [3.05, 3.63) is 53.6 Å². The fourth-order valence-corrected chi connectivity index (χ4v) is 7.79. The van der Waals surface area contributed by atoms with Crippen LogP contribution in [0.5, 0.6) is 23.0 Å². The molecule has 0 radical (unpaired) electrons. The number of methoxy groups -OCH3 is 4. The van der Waals surface area contributed by atoms with Crippen LogP contribution in [0.25, 0.3) is 10.8 Å². The van der Waals surface area contributed by atoms with Gasteiger partial charge in [0.25, 0.3) is 0 Å². The van der Waals surface area contributed by atoms with Gasteiger partial charge in [-0.2, -0.15) is 0 Å². The first-order valence-corrected chi connectivity index (χ1v) is 17.7. The Morgan fingerprint density at radius 3 is 2.12 bits per heavy atom. The topological polar surface area (TPSA) is 83.5 Å². The van der Waals surface area contributed by atoms with E-state index in [0.29, 0.717) is 49.5 Å². The van der Waals surface area contributed by atoms with Crippen molar-refractivity contribution in [3.63, 3.8) is 0 Å². The maximum atomic E-state index is 12.4. The maximum Gasteiger partial charge on any atom is 0.306 e. The van der Waals surface area contributed by atoms with E-state index in [2.05, 4.69) is 32.6 Å². The van der Waals surface area contributed by atoms with Gasteiger partial charge in [-0.25, -0.2) is 0 Å². The second-order valence-corrected chi connectivity index (χ2v) is 17.3. The van der Waals surface area contributed by atoms with Crippen LogP contribution in [0.1, 0.15) is 37.3 Å². The summed E-state index contributed by atoms with van der Waals surface area (Å²) in [7, 11) is 4.76. The number of rotatable bonds is 11. The van der Waals surface area contributed by atoms with Gasteiger partial charge >= 0.3 is 5.97 Å². The Kier molecular flexibility index (Phi) is 9.24. The van der Waals surface area contributed by atoms with Gasteiger partial charge in [-0.05, 0) is 67.0 Å². The number of aliphatic carboxylic acids is 1. The van der Waals surface area contributed by atoms with Gasteiger partial charge in [-0.3, -0.25) is 4.79 Å². The molecule has 0 amide bonds. The lowest BCUT2D eigenvalue weighted by Crippen LogP contribution is -2.42. The average molecular weight is 581 g/mol. The molecule has 0 aliphatic heterocycles. The van der Waals surface area contributed by atoms with Crippen LogP contribution in [0.4, 0.5) is 0 Å². The molecule has 0 saturated heterocycles. The number of fused-ring (bicyclic) bond motifs is 1. The van der Waals surface area contributed by atoms with Gasteiger partial charge in [0.15, 0.2) is 0 Å². The number of hydrogen-bond donors (Lipinski definition) is 1. The summed E-state index contributed by atoms with van der Waals surface area (Å²) in [4.78, 5) is 12.4. The summed E-state index contributed by atoms with van der Waals surface area (Å²) < 4.78 is 30.4. The molecule has 3 atom stereocenters. The fraction of sp³-hybridized carbons (Fsp3) is 0.485. The molecule has 0 bridgehead atoms. The zero-order valence-corrected chi connectivity index (χ0v) is 26.6. The normalized spacial score (nSPS) is 21.0. The first-order valence-electron chi connectivity index (χ1n) is 14.2. The summed E-state index contributed by atoms with van der Waals surface area (Å²) in [5.41, 5.74) is 1.55. The quantitative estimate of drug-likeness (QED) is 0.261. The lowest BCUT2D eigenvalue weighted by molar-refractivity contribution is -0.151. The maximum absolute atomic E-state index is 12.4. The Labute approximate surface area is 244 Å². The smallest absolute Gasteiger partial charge is 0.306 e. The molecule has 0 aromatic heterocycles. The Morgan fingerprint density at radius 2 is 1.56 bits per heavy atom. The molecule has 4 rings (SSSR count). The van der Waals surface area contributed by atoms with Crippen LogP contribution in [0, 0.1) is 11.8 Å². The van der Waals surface area contributed by atoms with Gasteiger partial charge in [0.1, 0.15) is 23.0 Å². The van der Waals surface area contributed by atoms with Crippen LogP contribution in [0.2, 0.25) is 19.6 Å². The standard InChI is InChI=1S/C33H44O7Si/c1-33(40-20-21-12-10-9-11-13-21)15-14-24(32(34)35)23(19-33)16-22-17-25(36-2)28-26(37-3)18-27(41(6,7)8)31(39-5)29(28)30(22)38-4/h9-13,17-18,23-24H,14-16,19-20H2,1-8H3,(H,34,35)/t23-,24-,33+/m1/s1. The molecular formula is C33H44O7Si. The van der Waals surface area contributed by atoms with Crippen molar-refractivity contribution in [1.82, 2.24) is 0 Å². The molecule has 0 spiro atoms. The van der Waals surface area contributed by atoms with E-state index in [1.165, 1.54) is 0 Å². The third-order valence-corrected chi connectivity index (χ3v) is 10.4. The van der Waals surface area contributed by atoms with Gasteiger partial charge < -0.3 is 28.8 Å². The summed E-state index contributed by atoms with van der Waals surface area (Å²) in [5, 5.41) is 12.9. The Bertz CT molecular complexity index is 1380. The Hall–Kier alpha value is -3.23. The number of carbonyl (C=O) groups is 1. The number of benzene rings is 3. The highest BCUT2D eigenvalue weighted by atomic mass is 28.3. The third kappa shape index (κ3) is 6.33. The summed E-state index contributed by atoms with van der Waals surface area (Å²) in [6.45, 7) is 9.39. The van der Waals surface area contributed by atoms with Crippen molar-refractivity contribution in [1.29, 1.82) is 0 Å². The summed E-state index contributed by atoms with van der Waals surface area (Å²) in [6.07, 6.45) is 2.36. The molecule has 1 N–H and O–H groups in total. The van der Waals surface area contributed by atoms with Crippen molar-refractivity contribution in [3.8, 4) is 23.0 Å². The molecule has 0 heterocycles. The van der Waals surface area contributed by atoms with E-state index in [1.807, 2.05) is 36.4 Å². The first-order chi connectivity index (χ1) is 19.5. The van der Waals surface area contributed by atoms with E-state index in [9.17, 15) is 9.90 Å². The van der Waals surface area contributed by atoms with Crippen molar-refractivity contribution < 1.29 is 33.6 Å². The van der Waals surface area contributed by atoms with Crippen LogP contribution < -0.4 is 24.1 Å². The number of carboxylic acids is 1. The van der Waals surface area contributed by atoms with E-state index >= 15 is 0 Å². The SMILES string of the molecule is COc1cc(C[C@@H]2C[C@@](C)(OCc3ccccc3)CC[C@H]2C(=O)O)c(OC)c2c(OC)c([Si](C)(C)C)cc(OC)c12. The minimum Gasteiger partial charge on any atom is -0.496 e. The van der Waals surface area contributed by atoms with Gasteiger partial charge in [0, 0.05) is 0 Å². The van der Waals surface area contributed by atoms with Crippen molar-refractivity contribution >= 4 is 30.0 Å².